The summed E-state index contributed by atoms with van der Waals surface area (Å²) in [6, 6.07) is 5.23. The van der Waals surface area contributed by atoms with Gasteiger partial charge in [0.2, 0.25) is 10.0 Å². The molecular formula is C16H18N4O2S2. The fourth-order valence-corrected chi connectivity index (χ4v) is 4.48. The van der Waals surface area contributed by atoms with Crippen LogP contribution in [0, 0.1) is 20.8 Å². The summed E-state index contributed by atoms with van der Waals surface area (Å²) in [5, 5.41) is 4.20. The average molecular weight is 362 g/mol. The zero-order chi connectivity index (χ0) is 17.5. The molecule has 0 saturated heterocycles. The third-order valence-corrected chi connectivity index (χ3v) is 6.65. The zero-order valence-electron chi connectivity index (χ0n) is 13.8. The molecule has 0 aliphatic carbocycles. The molecule has 2 heterocycles. The van der Waals surface area contributed by atoms with Crippen LogP contribution in [0.3, 0.4) is 0 Å². The number of nitrogens with zero attached hydrogens (tertiary/aromatic N) is 2. The molecule has 0 atom stereocenters. The highest BCUT2D eigenvalue weighted by Crippen LogP contribution is 2.34. The van der Waals surface area contributed by atoms with Gasteiger partial charge in [0, 0.05) is 10.6 Å². The molecule has 0 aliphatic heterocycles. The van der Waals surface area contributed by atoms with E-state index in [1.165, 1.54) is 18.3 Å². The summed E-state index contributed by atoms with van der Waals surface area (Å²) in [5.74, 6) is 0.679. The van der Waals surface area contributed by atoms with Crippen LogP contribution in [-0.4, -0.2) is 25.4 Å². The Morgan fingerprint density at radius 3 is 2.58 bits per heavy atom. The molecule has 24 heavy (non-hydrogen) atoms. The van der Waals surface area contributed by atoms with Crippen molar-refractivity contribution < 1.29 is 8.42 Å². The highest BCUT2D eigenvalue weighted by Gasteiger charge is 2.16. The molecule has 0 aliphatic rings. The SMILES string of the molecule is CNS(=O)(=O)c1cc(Nc2ncnc3sc(C)c(C)c23)ccc1C. The van der Waals surface area contributed by atoms with Crippen molar-refractivity contribution >= 4 is 43.1 Å². The van der Waals surface area contributed by atoms with Gasteiger partial charge in [-0.2, -0.15) is 0 Å². The van der Waals surface area contributed by atoms with Gasteiger partial charge in [0.25, 0.3) is 0 Å². The minimum atomic E-state index is -3.51. The largest absolute Gasteiger partial charge is 0.340 e. The van der Waals surface area contributed by atoms with Crippen LogP contribution in [0.15, 0.2) is 29.4 Å². The molecule has 3 rings (SSSR count). The van der Waals surface area contributed by atoms with Gasteiger partial charge in [0.05, 0.1) is 10.3 Å². The van der Waals surface area contributed by atoms with Gasteiger partial charge in [-0.25, -0.2) is 23.1 Å². The van der Waals surface area contributed by atoms with Gasteiger partial charge in [-0.1, -0.05) is 6.07 Å². The Balaban J connectivity index is 2.09. The van der Waals surface area contributed by atoms with Gasteiger partial charge in [-0.3, -0.25) is 0 Å². The third-order valence-electron chi connectivity index (χ3n) is 3.97. The maximum absolute atomic E-state index is 12.1. The number of anilines is 2. The van der Waals surface area contributed by atoms with Crippen LogP contribution in [0.5, 0.6) is 0 Å². The van der Waals surface area contributed by atoms with Crippen molar-refractivity contribution in [3.8, 4) is 0 Å². The molecule has 6 nitrogen and oxygen atoms in total. The molecule has 0 spiro atoms. The van der Waals surface area contributed by atoms with E-state index >= 15 is 0 Å². The first-order valence-corrected chi connectivity index (χ1v) is 9.65. The maximum atomic E-state index is 12.1. The monoisotopic (exact) mass is 362 g/mol. The quantitative estimate of drug-likeness (QED) is 0.744. The highest BCUT2D eigenvalue weighted by atomic mass is 32.2. The molecule has 0 radical (unpaired) electrons. The lowest BCUT2D eigenvalue weighted by molar-refractivity contribution is 0.587. The molecule has 0 bridgehead atoms. The maximum Gasteiger partial charge on any atom is 0.240 e. The molecule has 2 N–H and O–H groups in total. The summed E-state index contributed by atoms with van der Waals surface area (Å²) in [6.45, 7) is 5.85. The van der Waals surface area contributed by atoms with E-state index in [0.29, 0.717) is 17.1 Å². The summed E-state index contributed by atoms with van der Waals surface area (Å²) in [5.41, 5.74) is 2.48. The molecule has 1 aromatic carbocycles. The number of aryl methyl sites for hydroxylation is 3. The Morgan fingerprint density at radius 1 is 1.12 bits per heavy atom. The van der Waals surface area contributed by atoms with Gasteiger partial charge in [-0.15, -0.1) is 11.3 Å². The van der Waals surface area contributed by atoms with E-state index in [1.807, 2.05) is 13.0 Å². The standard InChI is InChI=1S/C16H18N4O2S2/c1-9-5-6-12(7-13(9)24(21,22)17-4)20-15-14-10(2)11(3)23-16(14)19-8-18-15/h5-8,17H,1-4H3,(H,18,19,20). The molecule has 0 saturated carbocycles. The van der Waals surface area contributed by atoms with Gasteiger partial charge in [0.15, 0.2) is 0 Å². The molecule has 126 valence electrons. The summed E-state index contributed by atoms with van der Waals surface area (Å²) in [7, 11) is -2.11. The van der Waals surface area contributed by atoms with Gasteiger partial charge >= 0.3 is 0 Å². The van der Waals surface area contributed by atoms with E-state index in [1.54, 1.807) is 30.4 Å². The van der Waals surface area contributed by atoms with E-state index in [-0.39, 0.29) is 4.90 Å². The summed E-state index contributed by atoms with van der Waals surface area (Å²) in [4.78, 5) is 11.0. The van der Waals surface area contributed by atoms with Crippen molar-refractivity contribution in [2.75, 3.05) is 12.4 Å². The second-order valence-corrected chi connectivity index (χ2v) is 8.56. The Hall–Kier alpha value is -2.03. The van der Waals surface area contributed by atoms with Gasteiger partial charge < -0.3 is 5.32 Å². The third kappa shape index (κ3) is 2.88. The van der Waals surface area contributed by atoms with Gasteiger partial charge in [-0.05, 0) is 51.1 Å². The molecule has 0 fully saturated rings. The lowest BCUT2D eigenvalue weighted by Crippen LogP contribution is -2.19. The molecule has 2 aromatic heterocycles. The van der Waals surface area contributed by atoms with E-state index in [9.17, 15) is 8.42 Å². The first kappa shape index (κ1) is 16.8. The van der Waals surface area contributed by atoms with Crippen LogP contribution < -0.4 is 10.0 Å². The van der Waals surface area contributed by atoms with Crippen molar-refractivity contribution in [1.29, 1.82) is 0 Å². The van der Waals surface area contributed by atoms with Crippen LogP contribution >= 0.6 is 11.3 Å². The van der Waals surface area contributed by atoms with Crippen molar-refractivity contribution in [3.63, 3.8) is 0 Å². The number of nitrogens with one attached hydrogen (secondary N) is 2. The predicted octanol–water partition coefficient (Wildman–Crippen LogP) is 3.27. The first-order chi connectivity index (χ1) is 11.3. The minimum absolute atomic E-state index is 0.249. The number of hydrogen-bond acceptors (Lipinski definition) is 6. The summed E-state index contributed by atoms with van der Waals surface area (Å²) in [6.07, 6.45) is 1.51. The van der Waals surface area contributed by atoms with E-state index in [2.05, 4.69) is 26.9 Å². The Morgan fingerprint density at radius 2 is 1.88 bits per heavy atom. The highest BCUT2D eigenvalue weighted by molar-refractivity contribution is 7.89. The minimum Gasteiger partial charge on any atom is -0.340 e. The molecule has 0 amide bonds. The number of benzene rings is 1. The molecule has 8 heteroatoms. The molecular weight excluding hydrogens is 344 g/mol. The predicted molar refractivity (Wildman–Crippen MR) is 97.6 cm³/mol. The van der Waals surface area contributed by atoms with Crippen LogP contribution in [0.1, 0.15) is 16.0 Å². The molecule has 3 aromatic rings. The van der Waals surface area contributed by atoms with Crippen molar-refractivity contribution in [2.24, 2.45) is 0 Å². The lowest BCUT2D eigenvalue weighted by atomic mass is 10.2. The van der Waals surface area contributed by atoms with Crippen LogP contribution in [0.2, 0.25) is 0 Å². The van der Waals surface area contributed by atoms with Crippen LogP contribution in [0.25, 0.3) is 10.2 Å². The number of hydrogen-bond donors (Lipinski definition) is 2. The number of sulfonamides is 1. The lowest BCUT2D eigenvalue weighted by Gasteiger charge is -2.11. The van der Waals surface area contributed by atoms with E-state index in [0.717, 1.165) is 15.8 Å². The van der Waals surface area contributed by atoms with E-state index in [4.69, 9.17) is 0 Å². The summed E-state index contributed by atoms with van der Waals surface area (Å²) >= 11 is 1.62. The van der Waals surface area contributed by atoms with Crippen molar-refractivity contribution in [3.05, 3.63) is 40.5 Å². The van der Waals surface area contributed by atoms with Crippen molar-refractivity contribution in [2.45, 2.75) is 25.7 Å². The van der Waals surface area contributed by atoms with Crippen molar-refractivity contribution in [1.82, 2.24) is 14.7 Å². The topological polar surface area (TPSA) is 84.0 Å². The van der Waals surface area contributed by atoms with Crippen LogP contribution in [0.4, 0.5) is 11.5 Å². The smallest absolute Gasteiger partial charge is 0.240 e. The normalized spacial score (nSPS) is 11.8. The average Bonchev–Trinajstić information content (AvgIpc) is 2.85. The fourth-order valence-electron chi connectivity index (χ4n) is 2.49. The Labute approximate surface area is 145 Å². The summed E-state index contributed by atoms with van der Waals surface area (Å²) < 4.78 is 26.6. The van der Waals surface area contributed by atoms with Gasteiger partial charge in [0.1, 0.15) is 17.0 Å². The number of thiophene rings is 1. The number of aromatic nitrogens is 2. The van der Waals surface area contributed by atoms with E-state index < -0.39 is 10.0 Å². The molecule has 0 unspecified atom stereocenters. The first-order valence-electron chi connectivity index (χ1n) is 7.35. The number of fused-ring (bicyclic) bond motifs is 1. The van der Waals surface area contributed by atoms with Crippen LogP contribution in [-0.2, 0) is 10.0 Å². The second-order valence-electron chi connectivity index (χ2n) is 5.50. The Kier molecular flexibility index (Phi) is 4.29. The fraction of sp³-hybridized carbons (Fsp3) is 0.250. The second kappa shape index (κ2) is 6.12. The zero-order valence-corrected chi connectivity index (χ0v) is 15.5. The Bertz CT molecular complexity index is 1030. The number of rotatable bonds is 4.